The molecule has 19 heteroatoms. The Kier molecular flexibility index (Phi) is 15.9. The first kappa shape index (κ1) is 47.1. The fraction of sp³-hybridized carbons (Fsp3) is 0.525. The second-order valence-corrected chi connectivity index (χ2v) is 16.7. The lowest BCUT2D eigenvalue weighted by molar-refractivity contribution is -0.132. The van der Waals surface area contributed by atoms with Crippen LogP contribution in [0.3, 0.4) is 0 Å². The Morgan fingerprint density at radius 3 is 1.88 bits per heavy atom. The Labute approximate surface area is 342 Å². The normalized spacial score (nSPS) is 17.3. The fourth-order valence-corrected chi connectivity index (χ4v) is 5.59. The first-order valence-corrected chi connectivity index (χ1v) is 19.0. The average Bonchev–Trinajstić information content (AvgIpc) is 3.07. The quantitative estimate of drug-likeness (QED) is 0.0988. The van der Waals surface area contributed by atoms with E-state index < -0.39 is 83.8 Å². The number of rotatable bonds is 9. The van der Waals surface area contributed by atoms with Crippen molar-refractivity contribution in [3.63, 3.8) is 0 Å². The van der Waals surface area contributed by atoms with Crippen molar-refractivity contribution in [2.75, 3.05) is 18.4 Å². The topological polar surface area (TPSA) is 269 Å². The summed E-state index contributed by atoms with van der Waals surface area (Å²) < 4.78 is 20.9. The number of phenolic OH excluding ortho intramolecular Hbond substituents is 1. The highest BCUT2D eigenvalue weighted by molar-refractivity contribution is 5.95. The minimum Gasteiger partial charge on any atom is -0.508 e. The van der Waals surface area contributed by atoms with E-state index in [0.29, 0.717) is 11.1 Å². The van der Waals surface area contributed by atoms with Crippen LogP contribution < -0.4 is 31.9 Å². The number of aromatic hydroxyl groups is 1. The zero-order valence-corrected chi connectivity index (χ0v) is 34.8. The van der Waals surface area contributed by atoms with E-state index in [-0.39, 0.29) is 54.8 Å². The van der Waals surface area contributed by atoms with Crippen LogP contribution in [0, 0.1) is 0 Å². The lowest BCUT2D eigenvalue weighted by Gasteiger charge is -2.26. The zero-order valence-electron chi connectivity index (χ0n) is 34.8. The number of nitrogens with one attached hydrogen (secondary N) is 6. The van der Waals surface area contributed by atoms with Crippen molar-refractivity contribution in [1.29, 1.82) is 0 Å². The molecule has 0 fully saturated rings. The Morgan fingerprint density at radius 1 is 0.729 bits per heavy atom. The third-order valence-corrected chi connectivity index (χ3v) is 7.94. The van der Waals surface area contributed by atoms with E-state index >= 15 is 0 Å². The van der Waals surface area contributed by atoms with Crippen LogP contribution in [0.25, 0.3) is 11.1 Å². The number of ether oxygens (including phenoxy) is 4. The number of carbonyl (C=O) groups is 7. The fourth-order valence-electron chi connectivity index (χ4n) is 5.59. The Balaban J connectivity index is 2.08. The molecule has 0 saturated carbocycles. The molecule has 0 radical (unpaired) electrons. The number of alkyl carbamates (subject to hydrolysis) is 3. The van der Waals surface area contributed by atoms with Crippen LogP contribution in [0.5, 0.6) is 5.75 Å². The van der Waals surface area contributed by atoms with Gasteiger partial charge in [0.25, 0.3) is 0 Å². The molecule has 2 aromatic rings. The van der Waals surface area contributed by atoms with Crippen molar-refractivity contribution in [3.8, 4) is 16.9 Å². The number of benzene rings is 2. The lowest BCUT2D eigenvalue weighted by Crippen LogP contribution is -2.56. The molecule has 0 unspecified atom stereocenters. The Morgan fingerprint density at radius 2 is 1.29 bits per heavy atom. The second kappa shape index (κ2) is 19.9. The van der Waals surface area contributed by atoms with Gasteiger partial charge in [0, 0.05) is 25.1 Å². The van der Waals surface area contributed by atoms with E-state index in [4.69, 9.17) is 18.9 Å². The van der Waals surface area contributed by atoms with Gasteiger partial charge in [0.05, 0.1) is 0 Å². The number of fused-ring (bicyclic) bond motifs is 5. The van der Waals surface area contributed by atoms with Crippen molar-refractivity contribution >= 4 is 47.8 Å². The SMILES string of the molecule is CC(C)(C)OC(=O)NCCC[C@@H]1NC(=O)[C@@H](NC(=O)OC(C)(C)C)Cc2cc(ccc2O)-c2ccc(NC(=O)CNC(=O)OC(C)(C)C)c(c2)C[C@H](OC(=O)O)NC1=O. The number of hydrogen-bond donors (Lipinski definition) is 8. The number of hydrogen-bond acceptors (Lipinski definition) is 12. The molecule has 59 heavy (non-hydrogen) atoms. The van der Waals surface area contributed by atoms with Gasteiger partial charge in [-0.3, -0.25) is 14.4 Å². The van der Waals surface area contributed by atoms with Crippen LogP contribution in [0.2, 0.25) is 0 Å². The van der Waals surface area contributed by atoms with Crippen molar-refractivity contribution in [1.82, 2.24) is 26.6 Å². The number of phenols is 1. The maximum Gasteiger partial charge on any atom is 0.507 e. The van der Waals surface area contributed by atoms with E-state index in [2.05, 4.69) is 31.9 Å². The van der Waals surface area contributed by atoms with Crippen LogP contribution in [0.1, 0.15) is 86.3 Å². The summed E-state index contributed by atoms with van der Waals surface area (Å²) in [6.07, 6.45) is -6.41. The third kappa shape index (κ3) is 17.0. The summed E-state index contributed by atoms with van der Waals surface area (Å²) in [4.78, 5) is 90.4. The van der Waals surface area contributed by atoms with Gasteiger partial charge in [0.1, 0.15) is 41.2 Å². The molecule has 8 N–H and O–H groups in total. The summed E-state index contributed by atoms with van der Waals surface area (Å²) in [5.41, 5.74) is -0.794. The molecular formula is C40H56N6O13. The van der Waals surface area contributed by atoms with E-state index in [9.17, 15) is 43.8 Å². The summed E-state index contributed by atoms with van der Waals surface area (Å²) in [7, 11) is 0. The van der Waals surface area contributed by atoms with Crippen molar-refractivity contribution in [2.24, 2.45) is 0 Å². The predicted octanol–water partition coefficient (Wildman–Crippen LogP) is 4.44. The lowest BCUT2D eigenvalue weighted by atomic mass is 9.95. The molecule has 19 nitrogen and oxygen atoms in total. The molecular weight excluding hydrogens is 772 g/mol. The minimum absolute atomic E-state index is 0.0164. The Hall–Kier alpha value is -6.27. The van der Waals surface area contributed by atoms with Gasteiger partial charge in [-0.2, -0.15) is 0 Å². The highest BCUT2D eigenvalue weighted by Gasteiger charge is 2.32. The van der Waals surface area contributed by atoms with Crippen LogP contribution in [0.4, 0.5) is 24.9 Å². The van der Waals surface area contributed by atoms with Crippen LogP contribution >= 0.6 is 0 Å². The van der Waals surface area contributed by atoms with Gasteiger partial charge in [-0.05, 0) is 122 Å². The highest BCUT2D eigenvalue weighted by Crippen LogP contribution is 2.31. The van der Waals surface area contributed by atoms with E-state index in [1.54, 1.807) is 86.6 Å². The summed E-state index contributed by atoms with van der Waals surface area (Å²) >= 11 is 0. The monoisotopic (exact) mass is 828 g/mol. The average molecular weight is 829 g/mol. The first-order chi connectivity index (χ1) is 27.3. The van der Waals surface area contributed by atoms with E-state index in [1.165, 1.54) is 12.1 Å². The van der Waals surface area contributed by atoms with Gasteiger partial charge >= 0.3 is 24.4 Å². The predicted molar refractivity (Wildman–Crippen MR) is 213 cm³/mol. The molecule has 3 atom stereocenters. The van der Waals surface area contributed by atoms with Crippen LogP contribution in [-0.4, -0.2) is 101 Å². The second-order valence-electron chi connectivity index (χ2n) is 16.7. The molecule has 0 aliphatic carbocycles. The van der Waals surface area contributed by atoms with E-state index in [1.807, 2.05) is 0 Å². The smallest absolute Gasteiger partial charge is 0.507 e. The summed E-state index contributed by atoms with van der Waals surface area (Å²) in [5, 5.41) is 35.9. The Bertz CT molecular complexity index is 1880. The van der Waals surface area contributed by atoms with Crippen LogP contribution in [-0.2, 0) is 46.2 Å². The zero-order chi connectivity index (χ0) is 44.3. The largest absolute Gasteiger partial charge is 0.508 e. The van der Waals surface area contributed by atoms with Gasteiger partial charge in [-0.25, -0.2) is 19.2 Å². The van der Waals surface area contributed by atoms with Gasteiger partial charge in [0.15, 0.2) is 6.23 Å². The van der Waals surface area contributed by atoms with E-state index in [0.717, 1.165) is 0 Å². The van der Waals surface area contributed by atoms with Gasteiger partial charge < -0.3 is 61.1 Å². The number of amides is 6. The standard InChI is InChI=1S/C40H56N6O13/c1-38(2,3)57-34(51)41-16-10-11-27-32(49)46-31(56-37(54)55)20-24-17-22(12-14-26(24)43-30(48)21-42-35(52)58-39(4,5)6)23-13-15-29(47)25(18-23)19-28(33(50)44-27)45-36(53)59-40(7,8)9/h12-15,17-18,27-28,31,47H,10-11,16,19-21H2,1-9H3,(H,41,51)(H,42,52)(H,43,48)(H,44,50)(H,45,53)(H,46,49)(H,54,55)/t27-,28-,31-/m0/s1. The molecule has 0 saturated heterocycles. The summed E-state index contributed by atoms with van der Waals surface area (Å²) in [6.45, 7) is 14.5. The number of carbonyl (C=O) groups excluding carboxylic acids is 6. The number of anilines is 1. The van der Waals surface area contributed by atoms with Crippen LogP contribution in [0.15, 0.2) is 36.4 Å². The molecule has 4 bridgehead atoms. The summed E-state index contributed by atoms with van der Waals surface area (Å²) in [5.74, 6) is -2.61. The molecule has 1 aliphatic heterocycles. The maximum atomic E-state index is 14.0. The van der Waals surface area contributed by atoms with Gasteiger partial charge in [0.2, 0.25) is 17.7 Å². The molecule has 0 aromatic heterocycles. The van der Waals surface area contributed by atoms with Crippen molar-refractivity contribution in [3.05, 3.63) is 47.5 Å². The molecule has 1 heterocycles. The third-order valence-electron chi connectivity index (χ3n) is 7.94. The molecule has 0 spiro atoms. The molecule has 2 aromatic carbocycles. The molecule has 324 valence electrons. The van der Waals surface area contributed by atoms with Crippen molar-refractivity contribution in [2.45, 2.75) is 123 Å². The molecule has 3 rings (SSSR count). The molecule has 1 aliphatic rings. The van der Waals surface area contributed by atoms with Crippen molar-refractivity contribution < 1.29 is 62.7 Å². The highest BCUT2D eigenvalue weighted by atomic mass is 16.7. The van der Waals surface area contributed by atoms with Gasteiger partial charge in [-0.15, -0.1) is 0 Å². The molecule has 6 amide bonds. The summed E-state index contributed by atoms with van der Waals surface area (Å²) in [6, 6.07) is 6.54. The first-order valence-electron chi connectivity index (χ1n) is 19.0. The van der Waals surface area contributed by atoms with Gasteiger partial charge in [-0.1, -0.05) is 12.1 Å². The number of carboxylic acid groups (broad SMARTS) is 1. The minimum atomic E-state index is -1.75. The maximum absolute atomic E-state index is 14.0.